The Balaban J connectivity index is 4.17. The van der Waals surface area contributed by atoms with E-state index in [1.807, 2.05) is 6.92 Å². The predicted molar refractivity (Wildman–Crippen MR) is 124 cm³/mol. The van der Waals surface area contributed by atoms with E-state index in [0.29, 0.717) is 6.42 Å². The van der Waals surface area contributed by atoms with Crippen LogP contribution in [-0.2, 0) is 28.2 Å². The first-order chi connectivity index (χ1) is 15.3. The molecule has 0 aromatic heterocycles. The van der Waals surface area contributed by atoms with Crippen molar-refractivity contribution in [1.82, 2.24) is 0 Å². The van der Waals surface area contributed by atoms with Gasteiger partial charge in [0, 0.05) is 12.8 Å². The molecule has 0 spiro atoms. The maximum Gasteiger partial charge on any atom is 0.469 e. The lowest BCUT2D eigenvalue weighted by Crippen LogP contribution is -2.29. The van der Waals surface area contributed by atoms with Crippen molar-refractivity contribution < 1.29 is 37.9 Å². The third kappa shape index (κ3) is 22.3. The van der Waals surface area contributed by atoms with E-state index >= 15 is 0 Å². The summed E-state index contributed by atoms with van der Waals surface area (Å²) in [5, 5.41) is 0. The summed E-state index contributed by atoms with van der Waals surface area (Å²) in [4.78, 5) is 41.8. The van der Waals surface area contributed by atoms with Crippen molar-refractivity contribution in [3.63, 3.8) is 0 Å². The zero-order valence-corrected chi connectivity index (χ0v) is 20.9. The molecule has 0 saturated heterocycles. The third-order valence-electron chi connectivity index (χ3n) is 5.02. The molecular weight excluding hydrogens is 435 g/mol. The Kier molecular flexibility index (Phi) is 20.0. The van der Waals surface area contributed by atoms with Crippen LogP contribution in [0.1, 0.15) is 110 Å². The van der Waals surface area contributed by atoms with Gasteiger partial charge in [-0.3, -0.25) is 14.1 Å². The second-order valence-electron chi connectivity index (χ2n) is 8.17. The monoisotopic (exact) mass is 479 g/mol. The summed E-state index contributed by atoms with van der Waals surface area (Å²) in [6, 6.07) is 0. The molecule has 1 atom stereocenters. The first-order valence-electron chi connectivity index (χ1n) is 12.1. The van der Waals surface area contributed by atoms with Crippen molar-refractivity contribution in [3.05, 3.63) is 6.42 Å². The fraction of sp³-hybridized carbons (Fsp3) is 0.870. The van der Waals surface area contributed by atoms with Crippen LogP contribution < -0.4 is 0 Å². The minimum atomic E-state index is -4.72. The zero-order chi connectivity index (χ0) is 24.1. The normalized spacial score (nSPS) is 12.5. The summed E-state index contributed by atoms with van der Waals surface area (Å²) < 4.78 is 25.8. The maximum absolute atomic E-state index is 12.1. The molecular formula is C23H44O8P-. The van der Waals surface area contributed by atoms with Crippen LogP contribution in [-0.4, -0.2) is 41.0 Å². The van der Waals surface area contributed by atoms with Gasteiger partial charge in [-0.15, -0.1) is 0 Å². The van der Waals surface area contributed by atoms with E-state index < -0.39 is 32.5 Å². The van der Waals surface area contributed by atoms with Crippen LogP contribution in [0.25, 0.3) is 0 Å². The fourth-order valence-corrected chi connectivity index (χ4v) is 3.53. The van der Waals surface area contributed by atoms with Crippen molar-refractivity contribution in [2.75, 3.05) is 13.2 Å². The lowest BCUT2D eigenvalue weighted by molar-refractivity contribution is -0.161. The molecule has 0 saturated carbocycles. The number of carbonyl (C=O) groups excluding carboxylic acids is 2. The molecule has 0 radical (unpaired) electrons. The van der Waals surface area contributed by atoms with E-state index in [9.17, 15) is 14.2 Å². The third-order valence-corrected chi connectivity index (χ3v) is 5.50. The van der Waals surface area contributed by atoms with E-state index in [1.165, 1.54) is 19.3 Å². The van der Waals surface area contributed by atoms with Crippen LogP contribution >= 0.6 is 7.82 Å². The Bertz CT molecular complexity index is 520. The number of unbranched alkanes of at least 4 members (excludes halogenated alkanes) is 12. The van der Waals surface area contributed by atoms with Gasteiger partial charge in [0.2, 0.25) is 0 Å². The number of carbonyl (C=O) groups is 2. The van der Waals surface area contributed by atoms with Crippen molar-refractivity contribution in [2.24, 2.45) is 0 Å². The Morgan fingerprint density at radius 1 is 0.812 bits per heavy atom. The summed E-state index contributed by atoms with van der Waals surface area (Å²) in [6.45, 7) is 3.39. The Morgan fingerprint density at radius 2 is 1.34 bits per heavy atom. The van der Waals surface area contributed by atoms with Crippen LogP contribution in [0.15, 0.2) is 0 Å². The van der Waals surface area contributed by atoms with E-state index in [2.05, 4.69) is 17.9 Å². The van der Waals surface area contributed by atoms with Crippen molar-refractivity contribution in [3.8, 4) is 0 Å². The molecule has 0 unspecified atom stereocenters. The smallest absolute Gasteiger partial charge is 0.462 e. The van der Waals surface area contributed by atoms with Gasteiger partial charge in [-0.05, 0) is 12.8 Å². The highest BCUT2D eigenvalue weighted by Gasteiger charge is 2.22. The van der Waals surface area contributed by atoms with Crippen LogP contribution in [0.5, 0.6) is 0 Å². The van der Waals surface area contributed by atoms with Crippen LogP contribution in [0, 0.1) is 6.42 Å². The van der Waals surface area contributed by atoms with Gasteiger partial charge < -0.3 is 25.7 Å². The van der Waals surface area contributed by atoms with E-state index in [-0.39, 0.29) is 19.4 Å². The summed E-state index contributed by atoms with van der Waals surface area (Å²) in [6.07, 6.45) is 15.1. The highest BCUT2D eigenvalue weighted by atomic mass is 31.2. The molecule has 2 N–H and O–H groups in total. The second-order valence-corrected chi connectivity index (χ2v) is 9.41. The predicted octanol–water partition coefficient (Wildman–Crippen LogP) is 5.65. The minimum Gasteiger partial charge on any atom is -0.462 e. The lowest BCUT2D eigenvalue weighted by atomic mass is 10.1. The Morgan fingerprint density at radius 3 is 1.91 bits per heavy atom. The molecule has 0 aliphatic heterocycles. The van der Waals surface area contributed by atoms with Crippen LogP contribution in [0.3, 0.4) is 0 Å². The van der Waals surface area contributed by atoms with Crippen LogP contribution in [0.2, 0.25) is 0 Å². The summed E-state index contributed by atoms with van der Waals surface area (Å²) in [5.41, 5.74) is 0. The molecule has 8 nitrogen and oxygen atoms in total. The number of rotatable bonds is 22. The fourth-order valence-electron chi connectivity index (χ4n) is 3.17. The number of phosphoric ester groups is 1. The number of hydrogen-bond donors (Lipinski definition) is 2. The molecule has 0 aromatic rings. The molecule has 190 valence electrons. The lowest BCUT2D eigenvalue weighted by Gasteiger charge is -2.18. The van der Waals surface area contributed by atoms with E-state index in [1.54, 1.807) is 0 Å². The summed E-state index contributed by atoms with van der Waals surface area (Å²) >= 11 is 0. The van der Waals surface area contributed by atoms with E-state index in [4.69, 9.17) is 19.3 Å². The number of ether oxygens (including phenoxy) is 2. The average molecular weight is 480 g/mol. The highest BCUT2D eigenvalue weighted by Crippen LogP contribution is 2.35. The number of phosphoric acid groups is 1. The van der Waals surface area contributed by atoms with Crippen LogP contribution in [0.4, 0.5) is 0 Å². The zero-order valence-electron chi connectivity index (χ0n) is 20.0. The molecule has 0 fully saturated rings. The van der Waals surface area contributed by atoms with Gasteiger partial charge in [0.15, 0.2) is 6.10 Å². The largest absolute Gasteiger partial charge is 0.469 e. The van der Waals surface area contributed by atoms with Crippen molar-refractivity contribution in [2.45, 2.75) is 116 Å². The topological polar surface area (TPSA) is 119 Å². The molecule has 0 aliphatic rings. The molecule has 32 heavy (non-hydrogen) atoms. The number of hydrogen-bond acceptors (Lipinski definition) is 6. The van der Waals surface area contributed by atoms with Gasteiger partial charge in [-0.2, -0.15) is 13.3 Å². The number of esters is 2. The van der Waals surface area contributed by atoms with Gasteiger partial charge in [-0.1, -0.05) is 71.1 Å². The summed E-state index contributed by atoms with van der Waals surface area (Å²) in [5.74, 6) is -0.908. The first kappa shape index (κ1) is 31.0. The minimum absolute atomic E-state index is 0.207. The molecule has 0 aromatic carbocycles. The SMILES string of the molecule is C[CH-]CCCCCCCC(=O)O[C@@H](COC(=O)CCCCCCCCC)COP(=O)(O)O. The average Bonchev–Trinajstić information content (AvgIpc) is 2.73. The Labute approximate surface area is 194 Å². The van der Waals surface area contributed by atoms with E-state index in [0.717, 1.165) is 57.8 Å². The van der Waals surface area contributed by atoms with Crippen molar-refractivity contribution in [1.29, 1.82) is 0 Å². The molecule has 0 heterocycles. The van der Waals surface area contributed by atoms with Gasteiger partial charge in [-0.25, -0.2) is 4.57 Å². The molecule has 9 heteroatoms. The molecule has 0 amide bonds. The molecule has 0 rings (SSSR count). The molecule has 0 aliphatic carbocycles. The molecule has 0 bridgehead atoms. The van der Waals surface area contributed by atoms with Crippen molar-refractivity contribution >= 4 is 19.8 Å². The van der Waals surface area contributed by atoms with Gasteiger partial charge >= 0.3 is 19.8 Å². The highest BCUT2D eigenvalue weighted by molar-refractivity contribution is 7.46. The second kappa shape index (κ2) is 20.6. The standard InChI is InChI=1S/C23H44O8P/c1-3-5-7-9-11-13-15-17-22(24)29-19-21(20-30-32(26,27)28)31-23(25)18-16-14-12-10-8-6-4-2/h4,21H,3,5-20H2,1-2H3,(H2,26,27,28)/q-1/t21-/m0/s1. The first-order valence-corrected chi connectivity index (χ1v) is 13.6. The quantitative estimate of drug-likeness (QED) is 0.0885. The summed E-state index contributed by atoms with van der Waals surface area (Å²) in [7, 11) is -4.72. The Hall–Kier alpha value is -0.950. The maximum atomic E-state index is 12.1. The van der Waals surface area contributed by atoms with Gasteiger partial charge in [0.05, 0.1) is 6.61 Å². The van der Waals surface area contributed by atoms with Gasteiger partial charge in [0.25, 0.3) is 0 Å². The van der Waals surface area contributed by atoms with Gasteiger partial charge in [0.1, 0.15) is 6.61 Å².